The first kappa shape index (κ1) is 18.6. The Hall–Kier alpha value is -1.71. The Balaban J connectivity index is 1.94. The van der Waals surface area contributed by atoms with E-state index in [4.69, 9.17) is 23.2 Å². The molecule has 3 nitrogen and oxygen atoms in total. The number of benzene rings is 2. The van der Waals surface area contributed by atoms with Crippen molar-refractivity contribution in [2.45, 2.75) is 32.9 Å². The van der Waals surface area contributed by atoms with E-state index in [2.05, 4.69) is 5.32 Å². The van der Waals surface area contributed by atoms with Gasteiger partial charge in [-0.2, -0.15) is 0 Å². The summed E-state index contributed by atoms with van der Waals surface area (Å²) in [5.41, 5.74) is 1.80. The van der Waals surface area contributed by atoms with Crippen molar-refractivity contribution in [2.75, 3.05) is 11.9 Å². The largest absolute Gasteiger partial charge is 0.382 e. The average Bonchev–Trinajstić information content (AvgIpc) is 2.56. The Kier molecular flexibility index (Phi) is 6.95. The van der Waals surface area contributed by atoms with E-state index in [1.165, 1.54) is 0 Å². The van der Waals surface area contributed by atoms with Crippen LogP contribution in [0.3, 0.4) is 0 Å². The molecule has 5 heteroatoms. The van der Waals surface area contributed by atoms with E-state index in [0.717, 1.165) is 5.56 Å². The molecule has 1 amide bonds. The van der Waals surface area contributed by atoms with Gasteiger partial charge in [0.2, 0.25) is 5.91 Å². The van der Waals surface area contributed by atoms with Gasteiger partial charge in [0, 0.05) is 25.6 Å². The van der Waals surface area contributed by atoms with Crippen LogP contribution in [0.25, 0.3) is 0 Å². The van der Waals surface area contributed by atoms with Gasteiger partial charge in [-0.15, -0.1) is 0 Å². The van der Waals surface area contributed by atoms with Gasteiger partial charge in [-0.25, -0.2) is 0 Å². The van der Waals surface area contributed by atoms with Crippen molar-refractivity contribution in [1.82, 2.24) is 4.90 Å². The molecule has 0 saturated carbocycles. The number of nitrogens with one attached hydrogen (secondary N) is 1. The van der Waals surface area contributed by atoms with E-state index in [-0.39, 0.29) is 11.9 Å². The summed E-state index contributed by atoms with van der Waals surface area (Å²) in [6.07, 6.45) is 0.382. The predicted molar refractivity (Wildman–Crippen MR) is 102 cm³/mol. The molecule has 0 aromatic heterocycles. The van der Waals surface area contributed by atoms with Crippen LogP contribution in [0.4, 0.5) is 5.69 Å². The second-order valence-corrected chi connectivity index (χ2v) is 6.69. The Morgan fingerprint density at radius 1 is 1.04 bits per heavy atom. The molecular weight excluding hydrogens is 343 g/mol. The highest BCUT2D eigenvalue weighted by Crippen LogP contribution is 2.29. The molecule has 0 aliphatic carbocycles. The fraction of sp³-hybridized carbons (Fsp3) is 0.316. The van der Waals surface area contributed by atoms with E-state index in [0.29, 0.717) is 35.2 Å². The molecule has 0 fully saturated rings. The number of carbonyl (C=O) groups is 1. The van der Waals surface area contributed by atoms with Crippen LogP contribution in [0.1, 0.15) is 25.8 Å². The summed E-state index contributed by atoms with van der Waals surface area (Å²) in [6.45, 7) is 5.16. The van der Waals surface area contributed by atoms with Crippen molar-refractivity contribution in [2.24, 2.45) is 0 Å². The summed E-state index contributed by atoms with van der Waals surface area (Å²) >= 11 is 12.2. The number of anilines is 1. The molecule has 0 saturated heterocycles. The minimum atomic E-state index is 0.101. The maximum atomic E-state index is 12.6. The molecule has 0 atom stereocenters. The molecular formula is C19H22Cl2N2O. The second-order valence-electron chi connectivity index (χ2n) is 5.87. The van der Waals surface area contributed by atoms with Crippen LogP contribution in [-0.4, -0.2) is 23.4 Å². The molecule has 24 heavy (non-hydrogen) atoms. The highest BCUT2D eigenvalue weighted by Gasteiger charge is 2.17. The predicted octanol–water partition coefficient (Wildman–Crippen LogP) is 5.23. The van der Waals surface area contributed by atoms with Crippen molar-refractivity contribution in [3.63, 3.8) is 0 Å². The van der Waals surface area contributed by atoms with Crippen molar-refractivity contribution in [1.29, 1.82) is 0 Å². The van der Waals surface area contributed by atoms with Crippen LogP contribution >= 0.6 is 23.2 Å². The molecule has 128 valence electrons. The number of carbonyl (C=O) groups excluding carboxylic acids is 1. The molecule has 0 aliphatic rings. The van der Waals surface area contributed by atoms with Gasteiger partial charge < -0.3 is 10.2 Å². The summed E-state index contributed by atoms with van der Waals surface area (Å²) in [5.74, 6) is 0.101. The van der Waals surface area contributed by atoms with E-state index < -0.39 is 0 Å². The molecule has 2 aromatic carbocycles. The monoisotopic (exact) mass is 364 g/mol. The highest BCUT2D eigenvalue weighted by atomic mass is 35.5. The molecule has 0 bridgehead atoms. The first-order valence-corrected chi connectivity index (χ1v) is 8.76. The smallest absolute Gasteiger partial charge is 0.224 e. The topological polar surface area (TPSA) is 32.3 Å². The quantitative estimate of drug-likeness (QED) is 0.728. The lowest BCUT2D eigenvalue weighted by atomic mass is 10.1. The first-order valence-electron chi connectivity index (χ1n) is 8.00. The number of amides is 1. The molecule has 0 unspecified atom stereocenters. The molecule has 0 aliphatic heterocycles. The average molecular weight is 365 g/mol. The zero-order chi connectivity index (χ0) is 17.5. The summed E-state index contributed by atoms with van der Waals surface area (Å²) in [5, 5.41) is 4.27. The van der Waals surface area contributed by atoms with Crippen LogP contribution in [-0.2, 0) is 11.3 Å². The SMILES string of the molecule is CC(C)N(Cc1ccccc1)C(=O)CCNc1c(Cl)cccc1Cl. The molecule has 0 spiro atoms. The fourth-order valence-electron chi connectivity index (χ4n) is 2.44. The van der Waals surface area contributed by atoms with Crippen LogP contribution in [0.15, 0.2) is 48.5 Å². The number of rotatable bonds is 7. The van der Waals surface area contributed by atoms with Gasteiger partial charge in [0.05, 0.1) is 15.7 Å². The minimum Gasteiger partial charge on any atom is -0.382 e. The summed E-state index contributed by atoms with van der Waals surface area (Å²) in [6, 6.07) is 15.5. The van der Waals surface area contributed by atoms with Gasteiger partial charge >= 0.3 is 0 Å². The second kappa shape index (κ2) is 8.95. The van der Waals surface area contributed by atoms with Crippen molar-refractivity contribution < 1.29 is 4.79 Å². The number of para-hydroxylation sites is 1. The summed E-state index contributed by atoms with van der Waals surface area (Å²) in [7, 11) is 0. The molecule has 0 heterocycles. The van der Waals surface area contributed by atoms with E-state index in [1.807, 2.05) is 49.1 Å². The highest BCUT2D eigenvalue weighted by molar-refractivity contribution is 6.39. The van der Waals surface area contributed by atoms with E-state index in [1.54, 1.807) is 18.2 Å². The number of hydrogen-bond donors (Lipinski definition) is 1. The van der Waals surface area contributed by atoms with Crippen LogP contribution in [0.5, 0.6) is 0 Å². The van der Waals surface area contributed by atoms with Gasteiger partial charge in [-0.05, 0) is 31.5 Å². The van der Waals surface area contributed by atoms with Gasteiger partial charge in [0.1, 0.15) is 0 Å². The molecule has 0 radical (unpaired) electrons. The van der Waals surface area contributed by atoms with Crippen molar-refractivity contribution >= 4 is 34.8 Å². The van der Waals surface area contributed by atoms with E-state index >= 15 is 0 Å². The standard InChI is InChI=1S/C19H22Cl2N2O/c1-14(2)23(13-15-7-4-3-5-8-15)18(24)11-12-22-19-16(20)9-6-10-17(19)21/h3-10,14,22H,11-13H2,1-2H3. The Labute approximate surface area is 153 Å². The number of halogens is 2. The number of hydrogen-bond acceptors (Lipinski definition) is 2. The Morgan fingerprint density at radius 2 is 1.67 bits per heavy atom. The maximum absolute atomic E-state index is 12.6. The lowest BCUT2D eigenvalue weighted by Gasteiger charge is -2.27. The third-order valence-electron chi connectivity index (χ3n) is 3.74. The third kappa shape index (κ3) is 5.15. The molecule has 2 rings (SSSR count). The van der Waals surface area contributed by atoms with Gasteiger partial charge in [-0.3, -0.25) is 4.79 Å². The van der Waals surface area contributed by atoms with Crippen LogP contribution in [0.2, 0.25) is 10.0 Å². The third-order valence-corrected chi connectivity index (χ3v) is 4.37. The van der Waals surface area contributed by atoms with Gasteiger partial charge in [0.25, 0.3) is 0 Å². The fourth-order valence-corrected chi connectivity index (χ4v) is 2.97. The summed E-state index contributed by atoms with van der Waals surface area (Å²) in [4.78, 5) is 14.4. The zero-order valence-electron chi connectivity index (χ0n) is 13.9. The lowest BCUT2D eigenvalue weighted by molar-refractivity contribution is -0.133. The van der Waals surface area contributed by atoms with Crippen molar-refractivity contribution in [3.8, 4) is 0 Å². The maximum Gasteiger partial charge on any atom is 0.224 e. The van der Waals surface area contributed by atoms with Gasteiger partial charge in [-0.1, -0.05) is 59.6 Å². The lowest BCUT2D eigenvalue weighted by Crippen LogP contribution is -2.37. The number of nitrogens with zero attached hydrogens (tertiary/aromatic N) is 1. The van der Waals surface area contributed by atoms with Crippen LogP contribution in [0, 0.1) is 0 Å². The zero-order valence-corrected chi connectivity index (χ0v) is 15.4. The van der Waals surface area contributed by atoms with Crippen LogP contribution < -0.4 is 5.32 Å². The minimum absolute atomic E-state index is 0.101. The normalized spacial score (nSPS) is 10.7. The first-order chi connectivity index (χ1) is 11.5. The van der Waals surface area contributed by atoms with Gasteiger partial charge in [0.15, 0.2) is 0 Å². The molecule has 2 aromatic rings. The van der Waals surface area contributed by atoms with Crippen molar-refractivity contribution in [3.05, 3.63) is 64.1 Å². The Bertz CT molecular complexity index is 654. The van der Waals surface area contributed by atoms with E-state index in [9.17, 15) is 4.79 Å². The molecule has 1 N–H and O–H groups in total. The Morgan fingerprint density at radius 3 is 2.25 bits per heavy atom. The summed E-state index contributed by atoms with van der Waals surface area (Å²) < 4.78 is 0.